The third-order valence-electron chi connectivity index (χ3n) is 5.99. The molecule has 1 aliphatic heterocycles. The van der Waals surface area contributed by atoms with Gasteiger partial charge in [-0.25, -0.2) is 14.2 Å². The van der Waals surface area contributed by atoms with Crippen LogP contribution in [0, 0.1) is 5.82 Å². The SMILES string of the molecule is CN1C(=O)C(NC(=O)Nc2cc3cc(Cl)ccc3n2C)N=C(c2ccccc2F)c2ccccc21. The van der Waals surface area contributed by atoms with E-state index in [0.717, 1.165) is 10.9 Å². The first-order valence-electron chi connectivity index (χ1n) is 10.9. The fourth-order valence-electron chi connectivity index (χ4n) is 4.20. The summed E-state index contributed by atoms with van der Waals surface area (Å²) < 4.78 is 16.6. The number of carbonyl (C=O) groups excluding carboxylic acids is 2. The molecule has 0 bridgehead atoms. The number of fused-ring (bicyclic) bond motifs is 2. The van der Waals surface area contributed by atoms with E-state index in [-0.39, 0.29) is 11.3 Å². The van der Waals surface area contributed by atoms with Crippen molar-refractivity contribution < 1.29 is 14.0 Å². The molecule has 4 aromatic rings. The Morgan fingerprint density at radius 1 is 1.00 bits per heavy atom. The Morgan fingerprint density at radius 3 is 2.49 bits per heavy atom. The van der Waals surface area contributed by atoms with Gasteiger partial charge in [-0.1, -0.05) is 41.9 Å². The van der Waals surface area contributed by atoms with E-state index in [2.05, 4.69) is 15.6 Å². The predicted molar refractivity (Wildman–Crippen MR) is 136 cm³/mol. The van der Waals surface area contributed by atoms with Gasteiger partial charge in [-0.05, 0) is 42.5 Å². The van der Waals surface area contributed by atoms with Crippen LogP contribution in [-0.2, 0) is 11.8 Å². The standard InChI is InChI=1S/C26H21ClFN5O2/c1-32-20-12-11-16(27)13-15(20)14-22(32)29-26(35)31-24-25(34)33(2)21-10-6-4-8-18(21)23(30-24)17-7-3-5-9-19(17)28/h3-14,24H,1-2H3,(H2,29,31,35). The highest BCUT2D eigenvalue weighted by atomic mass is 35.5. The minimum atomic E-state index is -1.27. The Labute approximate surface area is 205 Å². The molecule has 1 aliphatic rings. The summed E-state index contributed by atoms with van der Waals surface area (Å²) in [7, 11) is 3.41. The number of hydrogen-bond donors (Lipinski definition) is 2. The maximum absolute atomic E-state index is 14.8. The van der Waals surface area contributed by atoms with Crippen LogP contribution in [0.15, 0.2) is 77.8 Å². The van der Waals surface area contributed by atoms with Crippen molar-refractivity contribution in [2.75, 3.05) is 17.3 Å². The van der Waals surface area contributed by atoms with Crippen LogP contribution >= 0.6 is 11.6 Å². The van der Waals surface area contributed by atoms with Crippen LogP contribution in [0.1, 0.15) is 11.1 Å². The van der Waals surface area contributed by atoms with Crippen LogP contribution < -0.4 is 15.5 Å². The van der Waals surface area contributed by atoms with E-state index in [4.69, 9.17) is 11.6 Å². The van der Waals surface area contributed by atoms with Crippen molar-refractivity contribution in [3.63, 3.8) is 0 Å². The zero-order chi connectivity index (χ0) is 24.7. The molecule has 1 atom stereocenters. The highest BCUT2D eigenvalue weighted by Gasteiger charge is 2.31. The number of para-hydroxylation sites is 1. The summed E-state index contributed by atoms with van der Waals surface area (Å²) in [5.74, 6) is -0.422. The van der Waals surface area contributed by atoms with Crippen molar-refractivity contribution in [1.29, 1.82) is 0 Å². The quantitative estimate of drug-likeness (QED) is 0.428. The van der Waals surface area contributed by atoms with Crippen LogP contribution in [0.25, 0.3) is 10.9 Å². The summed E-state index contributed by atoms with van der Waals surface area (Å²) in [5.41, 5.74) is 2.55. The molecule has 5 rings (SSSR count). The molecule has 7 nitrogen and oxygen atoms in total. The maximum Gasteiger partial charge on any atom is 0.322 e. The third-order valence-corrected chi connectivity index (χ3v) is 6.22. The Kier molecular flexibility index (Phi) is 5.74. The van der Waals surface area contributed by atoms with Gasteiger partial charge < -0.3 is 14.8 Å². The Balaban J connectivity index is 1.50. The van der Waals surface area contributed by atoms with E-state index in [1.165, 1.54) is 11.0 Å². The molecule has 0 radical (unpaired) electrons. The van der Waals surface area contributed by atoms with Gasteiger partial charge in [0.1, 0.15) is 11.6 Å². The average Bonchev–Trinajstić information content (AvgIpc) is 3.10. The molecule has 2 heterocycles. The molecule has 9 heteroatoms. The zero-order valence-corrected chi connectivity index (χ0v) is 19.7. The molecule has 0 saturated carbocycles. The molecular formula is C26H21ClFN5O2. The van der Waals surface area contributed by atoms with Crippen molar-refractivity contribution in [3.8, 4) is 0 Å². The number of nitrogens with zero attached hydrogens (tertiary/aromatic N) is 3. The molecule has 3 aromatic carbocycles. The van der Waals surface area contributed by atoms with Gasteiger partial charge in [-0.3, -0.25) is 10.1 Å². The molecule has 0 spiro atoms. The fraction of sp³-hybridized carbons (Fsp3) is 0.115. The monoisotopic (exact) mass is 489 g/mol. The molecule has 176 valence electrons. The van der Waals surface area contributed by atoms with Crippen LogP contribution in [0.3, 0.4) is 0 Å². The first-order valence-corrected chi connectivity index (χ1v) is 11.2. The van der Waals surface area contributed by atoms with Gasteiger partial charge in [-0.2, -0.15) is 0 Å². The maximum atomic E-state index is 14.8. The lowest BCUT2D eigenvalue weighted by Gasteiger charge is -2.21. The number of halogens is 2. The van der Waals surface area contributed by atoms with E-state index in [0.29, 0.717) is 22.1 Å². The van der Waals surface area contributed by atoms with Gasteiger partial charge in [0.05, 0.1) is 11.4 Å². The van der Waals surface area contributed by atoms with Crippen LogP contribution in [0.4, 0.5) is 20.7 Å². The largest absolute Gasteiger partial charge is 0.330 e. The van der Waals surface area contributed by atoms with Crippen molar-refractivity contribution >= 4 is 51.7 Å². The van der Waals surface area contributed by atoms with Crippen molar-refractivity contribution in [2.45, 2.75) is 6.17 Å². The molecule has 1 unspecified atom stereocenters. The summed E-state index contributed by atoms with van der Waals surface area (Å²) in [5, 5.41) is 6.84. The molecular weight excluding hydrogens is 469 g/mol. The van der Waals surface area contributed by atoms with Gasteiger partial charge in [0.25, 0.3) is 5.91 Å². The fourth-order valence-corrected chi connectivity index (χ4v) is 4.38. The predicted octanol–water partition coefficient (Wildman–Crippen LogP) is 4.93. The summed E-state index contributed by atoms with van der Waals surface area (Å²) in [6.45, 7) is 0. The number of carbonyl (C=O) groups is 2. The molecule has 0 fully saturated rings. The second-order valence-corrected chi connectivity index (χ2v) is 8.60. The first-order chi connectivity index (χ1) is 16.8. The topological polar surface area (TPSA) is 78.7 Å². The Hall–Kier alpha value is -4.17. The summed E-state index contributed by atoms with van der Waals surface area (Å²) in [6.07, 6.45) is -1.27. The minimum Gasteiger partial charge on any atom is -0.330 e. The Morgan fingerprint density at radius 2 is 1.71 bits per heavy atom. The van der Waals surface area contributed by atoms with Crippen LogP contribution in [-0.4, -0.2) is 35.4 Å². The number of amides is 3. The van der Waals surface area contributed by atoms with Crippen molar-refractivity contribution in [3.05, 3.63) is 94.8 Å². The number of likely N-dealkylation sites (N-methyl/N-ethyl adjacent to an activating group) is 1. The number of aryl methyl sites for hydroxylation is 1. The highest BCUT2D eigenvalue weighted by molar-refractivity contribution is 6.31. The number of aromatic nitrogens is 1. The van der Waals surface area contributed by atoms with Crippen LogP contribution in [0.2, 0.25) is 5.02 Å². The lowest BCUT2D eigenvalue weighted by molar-refractivity contribution is -0.119. The first kappa shape index (κ1) is 22.6. The van der Waals surface area contributed by atoms with Gasteiger partial charge in [-0.15, -0.1) is 0 Å². The lowest BCUT2D eigenvalue weighted by Crippen LogP contribution is -2.47. The van der Waals surface area contributed by atoms with Crippen LogP contribution in [0.5, 0.6) is 0 Å². The second-order valence-electron chi connectivity index (χ2n) is 8.16. The summed E-state index contributed by atoms with van der Waals surface area (Å²) >= 11 is 6.08. The molecule has 3 amide bonds. The molecule has 0 saturated heterocycles. The number of benzene rings is 3. The number of urea groups is 1. The van der Waals surface area contributed by atoms with E-state index >= 15 is 0 Å². The molecule has 2 N–H and O–H groups in total. The van der Waals surface area contributed by atoms with Gasteiger partial charge in [0.15, 0.2) is 0 Å². The Bertz CT molecular complexity index is 1510. The van der Waals surface area contributed by atoms with Crippen molar-refractivity contribution in [2.24, 2.45) is 12.0 Å². The van der Waals surface area contributed by atoms with Gasteiger partial charge in [0, 0.05) is 41.1 Å². The normalized spacial score (nSPS) is 15.4. The van der Waals surface area contributed by atoms with E-state index < -0.39 is 23.9 Å². The molecule has 35 heavy (non-hydrogen) atoms. The van der Waals surface area contributed by atoms with Gasteiger partial charge in [0.2, 0.25) is 6.17 Å². The minimum absolute atomic E-state index is 0.237. The zero-order valence-electron chi connectivity index (χ0n) is 18.9. The number of anilines is 2. The summed E-state index contributed by atoms with van der Waals surface area (Å²) in [6, 6.07) is 19.9. The number of nitrogens with one attached hydrogen (secondary N) is 2. The number of hydrogen-bond acceptors (Lipinski definition) is 3. The number of rotatable bonds is 3. The highest BCUT2D eigenvalue weighted by Crippen LogP contribution is 2.28. The van der Waals surface area contributed by atoms with E-state index in [1.54, 1.807) is 72.3 Å². The molecule has 0 aliphatic carbocycles. The molecule has 1 aromatic heterocycles. The second kappa shape index (κ2) is 8.88. The average molecular weight is 490 g/mol. The third kappa shape index (κ3) is 4.13. The van der Waals surface area contributed by atoms with Gasteiger partial charge >= 0.3 is 6.03 Å². The summed E-state index contributed by atoms with van der Waals surface area (Å²) in [4.78, 5) is 32.2. The smallest absolute Gasteiger partial charge is 0.322 e. The number of benzodiazepines with no additional fused rings is 1. The number of aliphatic imine (C=N–C) groups is 1. The lowest BCUT2D eigenvalue weighted by atomic mass is 10.00. The van der Waals surface area contributed by atoms with E-state index in [1.807, 2.05) is 13.1 Å². The van der Waals surface area contributed by atoms with Crippen molar-refractivity contribution in [1.82, 2.24) is 9.88 Å². The van der Waals surface area contributed by atoms with E-state index in [9.17, 15) is 14.0 Å².